The molecule has 154 valence electrons. The summed E-state index contributed by atoms with van der Waals surface area (Å²) >= 11 is 1.47. The third kappa shape index (κ3) is 3.79. The number of nitrogens with zero attached hydrogens (tertiary/aromatic N) is 2. The Morgan fingerprint density at radius 2 is 1.80 bits per heavy atom. The van der Waals surface area contributed by atoms with Crippen molar-refractivity contribution in [1.82, 2.24) is 4.90 Å². The van der Waals surface area contributed by atoms with E-state index < -0.39 is 12.0 Å². The molecule has 0 unspecified atom stereocenters. The molecule has 2 atom stereocenters. The molecule has 5 nitrogen and oxygen atoms in total. The third-order valence-electron chi connectivity index (χ3n) is 5.35. The molecule has 2 aromatic rings. The van der Waals surface area contributed by atoms with E-state index in [0.29, 0.717) is 22.9 Å². The number of esters is 1. The van der Waals surface area contributed by atoms with Crippen molar-refractivity contribution in [3.8, 4) is 0 Å². The number of carbonyl (C=O) groups is 2. The molecule has 1 amide bonds. The average Bonchev–Trinajstić information content (AvgIpc) is 3.07. The maximum Gasteiger partial charge on any atom is 0.338 e. The summed E-state index contributed by atoms with van der Waals surface area (Å²) in [6, 6.07) is 17.0. The van der Waals surface area contributed by atoms with Crippen LogP contribution in [0.3, 0.4) is 0 Å². The van der Waals surface area contributed by atoms with Crippen molar-refractivity contribution in [2.45, 2.75) is 45.1 Å². The van der Waals surface area contributed by atoms with Gasteiger partial charge >= 0.3 is 5.97 Å². The summed E-state index contributed by atoms with van der Waals surface area (Å²) in [7, 11) is 0. The van der Waals surface area contributed by atoms with Gasteiger partial charge in [-0.2, -0.15) is 0 Å². The minimum Gasteiger partial charge on any atom is -0.457 e. The van der Waals surface area contributed by atoms with E-state index in [1.165, 1.54) is 11.8 Å². The summed E-state index contributed by atoms with van der Waals surface area (Å²) in [5.74, 6) is -0.449. The van der Waals surface area contributed by atoms with Gasteiger partial charge in [0.15, 0.2) is 5.17 Å². The highest BCUT2D eigenvalue weighted by Crippen LogP contribution is 2.44. The summed E-state index contributed by atoms with van der Waals surface area (Å²) in [5.41, 5.74) is 3.93. The summed E-state index contributed by atoms with van der Waals surface area (Å²) < 4.78 is 5.64. The Kier molecular flexibility index (Phi) is 5.77. The zero-order valence-corrected chi connectivity index (χ0v) is 18.1. The monoisotopic (exact) mass is 420 g/mol. The fourth-order valence-electron chi connectivity index (χ4n) is 3.72. The minimum atomic E-state index is -0.530. The van der Waals surface area contributed by atoms with Crippen LogP contribution in [0.25, 0.3) is 0 Å². The molecule has 2 heterocycles. The number of benzene rings is 2. The first kappa shape index (κ1) is 20.4. The zero-order valence-electron chi connectivity index (χ0n) is 17.3. The molecule has 4 rings (SSSR count). The number of hydrogen-bond acceptors (Lipinski definition) is 5. The maximum atomic E-state index is 13.2. The SMILES string of the molecule is CC[C@@H]1SC2=NC(C)=C(C(=O)OCc3ccccc3)[C@H](c3ccc(C)cc3)N2C1=O. The second-order valence-electron chi connectivity index (χ2n) is 7.49. The highest BCUT2D eigenvalue weighted by Gasteiger charge is 2.47. The third-order valence-corrected chi connectivity index (χ3v) is 6.67. The van der Waals surface area contributed by atoms with Gasteiger partial charge in [0, 0.05) is 0 Å². The van der Waals surface area contributed by atoms with Crippen LogP contribution >= 0.6 is 11.8 Å². The van der Waals surface area contributed by atoms with Crippen LogP contribution in [0.2, 0.25) is 0 Å². The summed E-state index contributed by atoms with van der Waals surface area (Å²) in [4.78, 5) is 32.6. The van der Waals surface area contributed by atoms with Gasteiger partial charge < -0.3 is 4.74 Å². The van der Waals surface area contributed by atoms with Crippen molar-refractivity contribution in [2.24, 2.45) is 4.99 Å². The lowest BCUT2D eigenvalue weighted by molar-refractivity contribution is -0.141. The Balaban J connectivity index is 1.71. The highest BCUT2D eigenvalue weighted by atomic mass is 32.2. The first-order valence-electron chi connectivity index (χ1n) is 10.1. The zero-order chi connectivity index (χ0) is 21.3. The molecule has 0 N–H and O–H groups in total. The second-order valence-corrected chi connectivity index (χ2v) is 8.66. The lowest BCUT2D eigenvalue weighted by Gasteiger charge is -2.33. The Hall–Kier alpha value is -2.86. The van der Waals surface area contributed by atoms with Gasteiger partial charge in [0.05, 0.1) is 22.6 Å². The minimum absolute atomic E-state index is 0.00677. The van der Waals surface area contributed by atoms with Gasteiger partial charge in [-0.1, -0.05) is 78.8 Å². The van der Waals surface area contributed by atoms with Gasteiger partial charge in [0.2, 0.25) is 5.91 Å². The number of ether oxygens (including phenoxy) is 1. The van der Waals surface area contributed by atoms with Crippen LogP contribution in [-0.2, 0) is 20.9 Å². The van der Waals surface area contributed by atoms with Crippen molar-refractivity contribution in [3.05, 3.63) is 82.6 Å². The molecule has 1 fully saturated rings. The summed E-state index contributed by atoms with van der Waals surface area (Å²) in [5, 5.41) is 0.485. The lowest BCUT2D eigenvalue weighted by atomic mass is 9.93. The molecule has 0 bridgehead atoms. The van der Waals surface area contributed by atoms with Crippen LogP contribution in [0.15, 0.2) is 70.9 Å². The first-order chi connectivity index (χ1) is 14.5. The molecule has 30 heavy (non-hydrogen) atoms. The number of aryl methyl sites for hydroxylation is 1. The van der Waals surface area contributed by atoms with Gasteiger partial charge in [-0.15, -0.1) is 0 Å². The van der Waals surface area contributed by atoms with Crippen molar-refractivity contribution in [3.63, 3.8) is 0 Å². The summed E-state index contributed by atoms with van der Waals surface area (Å²) in [6.07, 6.45) is 0.715. The summed E-state index contributed by atoms with van der Waals surface area (Å²) in [6.45, 7) is 5.99. The molecule has 1 saturated heterocycles. The van der Waals surface area contributed by atoms with Gasteiger partial charge in [-0.25, -0.2) is 9.79 Å². The van der Waals surface area contributed by atoms with E-state index in [2.05, 4.69) is 4.99 Å². The van der Waals surface area contributed by atoms with Gasteiger partial charge in [-0.05, 0) is 31.4 Å². The molecule has 0 saturated carbocycles. The molecule has 0 spiro atoms. The van der Waals surface area contributed by atoms with Crippen molar-refractivity contribution < 1.29 is 14.3 Å². The maximum absolute atomic E-state index is 13.2. The van der Waals surface area contributed by atoms with Crippen molar-refractivity contribution >= 4 is 28.8 Å². The molecule has 2 aromatic carbocycles. The number of rotatable bonds is 5. The van der Waals surface area contributed by atoms with E-state index in [9.17, 15) is 9.59 Å². The normalized spacial score (nSPS) is 20.8. The van der Waals surface area contributed by atoms with E-state index in [1.54, 1.807) is 4.90 Å². The van der Waals surface area contributed by atoms with Gasteiger partial charge in [0.1, 0.15) is 6.61 Å². The topological polar surface area (TPSA) is 59.0 Å². The van der Waals surface area contributed by atoms with Gasteiger partial charge in [-0.3, -0.25) is 9.69 Å². The smallest absolute Gasteiger partial charge is 0.338 e. The van der Waals surface area contributed by atoms with Crippen LogP contribution in [-0.4, -0.2) is 27.2 Å². The van der Waals surface area contributed by atoms with Crippen LogP contribution in [0.5, 0.6) is 0 Å². The number of amidine groups is 1. The standard InChI is InChI=1S/C24H24N2O3S/c1-4-19-22(27)26-21(18-12-10-15(2)11-13-18)20(16(3)25-24(26)30-19)23(28)29-14-17-8-6-5-7-9-17/h5-13,19,21H,4,14H2,1-3H3/t19-,21-/m0/s1. The molecular formula is C24H24N2O3S. The van der Waals surface area contributed by atoms with E-state index >= 15 is 0 Å². The Labute approximate surface area is 180 Å². The quantitative estimate of drug-likeness (QED) is 0.654. The molecule has 6 heteroatoms. The first-order valence-corrected chi connectivity index (χ1v) is 10.9. The lowest BCUT2D eigenvalue weighted by Crippen LogP contribution is -2.40. The van der Waals surface area contributed by atoms with Crippen molar-refractivity contribution in [2.75, 3.05) is 0 Å². The number of hydrogen-bond donors (Lipinski definition) is 0. The average molecular weight is 421 g/mol. The largest absolute Gasteiger partial charge is 0.457 e. The number of aliphatic imine (C=N–C) groups is 1. The number of allylic oxidation sites excluding steroid dienone is 1. The Bertz CT molecular complexity index is 1030. The van der Waals surface area contributed by atoms with E-state index in [0.717, 1.165) is 16.7 Å². The van der Waals surface area contributed by atoms with E-state index in [-0.39, 0.29) is 17.8 Å². The molecule has 0 aromatic heterocycles. The van der Waals surface area contributed by atoms with Gasteiger partial charge in [0.25, 0.3) is 0 Å². The van der Waals surface area contributed by atoms with Crippen LogP contribution < -0.4 is 0 Å². The number of carbonyl (C=O) groups excluding carboxylic acids is 2. The molecular weight excluding hydrogens is 396 g/mol. The fourth-order valence-corrected chi connectivity index (χ4v) is 4.85. The van der Waals surface area contributed by atoms with Crippen LogP contribution in [0, 0.1) is 6.92 Å². The predicted octanol–water partition coefficient (Wildman–Crippen LogP) is 4.78. The Morgan fingerprint density at radius 3 is 2.47 bits per heavy atom. The number of amides is 1. The number of thioether (sulfide) groups is 1. The second kappa shape index (κ2) is 8.48. The van der Waals surface area contributed by atoms with Crippen LogP contribution in [0.4, 0.5) is 0 Å². The van der Waals surface area contributed by atoms with Crippen molar-refractivity contribution in [1.29, 1.82) is 0 Å². The molecule has 0 radical (unpaired) electrons. The van der Waals surface area contributed by atoms with E-state index in [4.69, 9.17) is 4.74 Å². The van der Waals surface area contributed by atoms with E-state index in [1.807, 2.05) is 75.4 Å². The fraction of sp³-hybridized carbons (Fsp3) is 0.292. The number of fused-ring (bicyclic) bond motifs is 1. The molecule has 2 aliphatic rings. The molecule has 0 aliphatic carbocycles. The Morgan fingerprint density at radius 1 is 1.10 bits per heavy atom. The molecule has 2 aliphatic heterocycles. The van der Waals surface area contributed by atoms with Crippen LogP contribution in [0.1, 0.15) is 43.0 Å². The predicted molar refractivity (Wildman–Crippen MR) is 119 cm³/mol. The highest BCUT2D eigenvalue weighted by molar-refractivity contribution is 8.15.